The van der Waals surface area contributed by atoms with Crippen LogP contribution in [0.3, 0.4) is 0 Å². The first kappa shape index (κ1) is 15.9. The molecule has 0 aromatic carbocycles. The fourth-order valence-electron chi connectivity index (χ4n) is 2.98. The van der Waals surface area contributed by atoms with Crippen molar-refractivity contribution in [3.63, 3.8) is 0 Å². The zero-order valence-corrected chi connectivity index (χ0v) is 12.1. The minimum atomic E-state index is -1.04. The molecule has 0 aliphatic heterocycles. The second-order valence-corrected chi connectivity index (χ2v) is 6.26. The van der Waals surface area contributed by atoms with Gasteiger partial charge in [-0.15, -0.1) is 0 Å². The maximum absolute atomic E-state index is 10.9. The van der Waals surface area contributed by atoms with E-state index >= 15 is 0 Å². The topological polar surface area (TPSA) is 77.8 Å². The lowest BCUT2D eigenvalue weighted by Gasteiger charge is -2.50. The van der Waals surface area contributed by atoms with Gasteiger partial charge in [-0.05, 0) is 36.7 Å². The SMILES string of the molecule is CC(=C/C(=O)O)/C=C/[C@]1(O)[C@H](C)C[C@@H](O)CC1(C)C. The summed E-state index contributed by atoms with van der Waals surface area (Å²) in [6, 6.07) is 0. The summed E-state index contributed by atoms with van der Waals surface area (Å²) in [6.07, 6.45) is 5.11. The van der Waals surface area contributed by atoms with Gasteiger partial charge in [-0.1, -0.05) is 32.9 Å². The fraction of sp³-hybridized carbons (Fsp3) is 0.667. The molecule has 0 bridgehead atoms. The van der Waals surface area contributed by atoms with Gasteiger partial charge in [0.05, 0.1) is 11.7 Å². The number of aliphatic hydroxyl groups is 2. The van der Waals surface area contributed by atoms with Crippen LogP contribution in [-0.2, 0) is 4.79 Å². The highest BCUT2D eigenvalue weighted by Crippen LogP contribution is 2.48. The quantitative estimate of drug-likeness (QED) is 0.541. The van der Waals surface area contributed by atoms with Crippen molar-refractivity contribution in [3.8, 4) is 0 Å². The number of rotatable bonds is 3. The van der Waals surface area contributed by atoms with E-state index < -0.39 is 23.1 Å². The van der Waals surface area contributed by atoms with E-state index in [0.717, 1.165) is 6.08 Å². The van der Waals surface area contributed by atoms with E-state index in [0.29, 0.717) is 18.4 Å². The van der Waals surface area contributed by atoms with Crippen LogP contribution < -0.4 is 0 Å². The fourth-order valence-corrected chi connectivity index (χ4v) is 2.98. The lowest BCUT2D eigenvalue weighted by Crippen LogP contribution is -2.54. The highest BCUT2D eigenvalue weighted by Gasteiger charge is 2.50. The molecular weight excluding hydrogens is 244 g/mol. The molecule has 108 valence electrons. The number of allylic oxidation sites excluding steroid dienone is 2. The van der Waals surface area contributed by atoms with E-state index in [2.05, 4.69) is 0 Å². The number of aliphatic carboxylic acids is 1. The third kappa shape index (κ3) is 3.45. The summed E-state index contributed by atoms with van der Waals surface area (Å²) < 4.78 is 0. The smallest absolute Gasteiger partial charge is 0.328 e. The van der Waals surface area contributed by atoms with E-state index in [1.807, 2.05) is 20.8 Å². The third-order valence-electron chi connectivity index (χ3n) is 4.16. The van der Waals surface area contributed by atoms with Crippen molar-refractivity contribution < 1.29 is 20.1 Å². The molecule has 19 heavy (non-hydrogen) atoms. The van der Waals surface area contributed by atoms with Crippen LogP contribution >= 0.6 is 0 Å². The molecule has 4 nitrogen and oxygen atoms in total. The Morgan fingerprint density at radius 1 is 1.37 bits per heavy atom. The predicted molar refractivity (Wildman–Crippen MR) is 73.7 cm³/mol. The van der Waals surface area contributed by atoms with Crippen molar-refractivity contribution in [3.05, 3.63) is 23.8 Å². The molecule has 0 spiro atoms. The molecule has 0 amide bonds. The molecule has 4 heteroatoms. The summed E-state index contributed by atoms with van der Waals surface area (Å²) >= 11 is 0. The van der Waals surface area contributed by atoms with Gasteiger partial charge in [0, 0.05) is 6.08 Å². The first-order valence-electron chi connectivity index (χ1n) is 6.59. The van der Waals surface area contributed by atoms with Gasteiger partial charge < -0.3 is 15.3 Å². The minimum absolute atomic E-state index is 0.0832. The molecule has 0 saturated heterocycles. The molecule has 1 aliphatic rings. The lowest BCUT2D eigenvalue weighted by atomic mass is 9.60. The van der Waals surface area contributed by atoms with Gasteiger partial charge in [0.15, 0.2) is 0 Å². The maximum Gasteiger partial charge on any atom is 0.328 e. The van der Waals surface area contributed by atoms with Crippen LogP contribution in [0.5, 0.6) is 0 Å². The first-order valence-corrected chi connectivity index (χ1v) is 6.59. The molecule has 0 radical (unpaired) electrons. The Morgan fingerprint density at radius 2 is 1.95 bits per heavy atom. The second kappa shape index (κ2) is 5.47. The van der Waals surface area contributed by atoms with Crippen LogP contribution in [-0.4, -0.2) is 33.0 Å². The summed E-state index contributed by atoms with van der Waals surface area (Å²) in [4.78, 5) is 10.6. The Morgan fingerprint density at radius 3 is 2.42 bits per heavy atom. The average molecular weight is 268 g/mol. The molecular formula is C15H24O4. The molecule has 1 fully saturated rings. The van der Waals surface area contributed by atoms with E-state index in [4.69, 9.17) is 5.11 Å². The highest BCUT2D eigenvalue weighted by atomic mass is 16.4. The van der Waals surface area contributed by atoms with E-state index in [9.17, 15) is 15.0 Å². The normalized spacial score (nSPS) is 35.6. The minimum Gasteiger partial charge on any atom is -0.478 e. The molecule has 0 aromatic heterocycles. The van der Waals surface area contributed by atoms with Gasteiger partial charge in [0.25, 0.3) is 0 Å². The monoisotopic (exact) mass is 268 g/mol. The van der Waals surface area contributed by atoms with Gasteiger partial charge in [-0.2, -0.15) is 0 Å². The predicted octanol–water partition coefficient (Wildman–Crippen LogP) is 2.12. The number of aliphatic hydroxyl groups excluding tert-OH is 1. The molecule has 0 heterocycles. The van der Waals surface area contributed by atoms with Crippen LogP contribution in [0.25, 0.3) is 0 Å². The van der Waals surface area contributed by atoms with Crippen LogP contribution in [0.1, 0.15) is 40.5 Å². The van der Waals surface area contributed by atoms with E-state index in [-0.39, 0.29) is 5.92 Å². The molecule has 1 saturated carbocycles. The number of carboxylic acids is 1. The zero-order valence-electron chi connectivity index (χ0n) is 12.1. The molecule has 0 aromatic rings. The van der Waals surface area contributed by atoms with Gasteiger partial charge in [0.1, 0.15) is 0 Å². The van der Waals surface area contributed by atoms with Crippen LogP contribution in [0.4, 0.5) is 0 Å². The number of carbonyl (C=O) groups is 1. The summed E-state index contributed by atoms with van der Waals surface area (Å²) in [6.45, 7) is 7.44. The van der Waals surface area contributed by atoms with Gasteiger partial charge in [0.2, 0.25) is 0 Å². The van der Waals surface area contributed by atoms with Gasteiger partial charge >= 0.3 is 5.97 Å². The van der Waals surface area contributed by atoms with Crippen molar-refractivity contribution in [2.24, 2.45) is 11.3 Å². The molecule has 3 atom stereocenters. The van der Waals surface area contributed by atoms with Crippen molar-refractivity contribution in [1.29, 1.82) is 0 Å². The Hall–Kier alpha value is -1.13. The van der Waals surface area contributed by atoms with E-state index in [1.54, 1.807) is 19.1 Å². The van der Waals surface area contributed by atoms with Crippen LogP contribution in [0.15, 0.2) is 23.8 Å². The summed E-state index contributed by atoms with van der Waals surface area (Å²) in [5, 5.41) is 29.4. The van der Waals surface area contributed by atoms with Crippen molar-refractivity contribution in [2.45, 2.75) is 52.2 Å². The Bertz CT molecular complexity index is 408. The van der Waals surface area contributed by atoms with Crippen molar-refractivity contribution in [2.75, 3.05) is 0 Å². The van der Waals surface area contributed by atoms with E-state index in [1.165, 1.54) is 0 Å². The number of carboxylic acid groups (broad SMARTS) is 1. The molecule has 1 rings (SSSR count). The summed E-state index contributed by atoms with van der Waals surface area (Å²) in [7, 11) is 0. The molecule has 3 N–H and O–H groups in total. The largest absolute Gasteiger partial charge is 0.478 e. The van der Waals surface area contributed by atoms with Crippen LogP contribution in [0, 0.1) is 11.3 Å². The standard InChI is InChI=1S/C15H24O4/c1-10(7-13(17)18)5-6-15(19)11(2)8-12(16)9-14(15,3)4/h5-7,11-12,16,19H,8-9H2,1-4H3,(H,17,18)/b6-5+,10-7-/t11-,12-,15+/m1/s1. The van der Waals surface area contributed by atoms with Crippen molar-refractivity contribution in [1.82, 2.24) is 0 Å². The lowest BCUT2D eigenvalue weighted by molar-refractivity contribution is -0.131. The third-order valence-corrected chi connectivity index (χ3v) is 4.16. The van der Waals surface area contributed by atoms with Crippen molar-refractivity contribution >= 4 is 5.97 Å². The average Bonchev–Trinajstić information content (AvgIpc) is 2.21. The Kier molecular flexibility index (Phi) is 4.59. The molecule has 0 unspecified atom stereocenters. The first-order chi connectivity index (χ1) is 8.58. The van der Waals surface area contributed by atoms with Crippen LogP contribution in [0.2, 0.25) is 0 Å². The van der Waals surface area contributed by atoms with Gasteiger partial charge in [-0.25, -0.2) is 4.79 Å². The number of hydrogen-bond donors (Lipinski definition) is 3. The molecule has 1 aliphatic carbocycles. The maximum atomic E-state index is 10.9. The second-order valence-electron chi connectivity index (χ2n) is 6.26. The highest BCUT2D eigenvalue weighted by molar-refractivity contribution is 5.81. The zero-order chi connectivity index (χ0) is 14.8. The Labute approximate surface area is 114 Å². The summed E-state index contributed by atoms with van der Waals surface area (Å²) in [5.74, 6) is -1.08. The summed E-state index contributed by atoms with van der Waals surface area (Å²) in [5.41, 5.74) is -0.917. The number of hydrogen-bond acceptors (Lipinski definition) is 3. The Balaban J connectivity index is 3.01. The van der Waals surface area contributed by atoms with Gasteiger partial charge in [-0.3, -0.25) is 0 Å².